The van der Waals surface area contributed by atoms with Gasteiger partial charge in [-0.1, -0.05) is 12.1 Å². The molecule has 94 valence electrons. The third-order valence-electron chi connectivity index (χ3n) is 2.17. The SMILES string of the molecule is COCCNC(=O)CNc1ccccc1OC. The minimum Gasteiger partial charge on any atom is -0.495 e. The van der Waals surface area contributed by atoms with Gasteiger partial charge in [-0.3, -0.25) is 4.79 Å². The van der Waals surface area contributed by atoms with Crippen molar-refractivity contribution in [2.45, 2.75) is 0 Å². The minimum atomic E-state index is -0.0760. The molecule has 0 bridgehead atoms. The van der Waals surface area contributed by atoms with Crippen molar-refractivity contribution in [3.63, 3.8) is 0 Å². The van der Waals surface area contributed by atoms with Crippen LogP contribution in [0.15, 0.2) is 24.3 Å². The standard InChI is InChI=1S/C12H18N2O3/c1-16-8-7-13-12(15)9-14-10-5-3-4-6-11(10)17-2/h3-6,14H,7-9H2,1-2H3,(H,13,15). The number of ether oxygens (including phenoxy) is 2. The van der Waals surface area contributed by atoms with E-state index in [-0.39, 0.29) is 12.5 Å². The van der Waals surface area contributed by atoms with Crippen molar-refractivity contribution < 1.29 is 14.3 Å². The van der Waals surface area contributed by atoms with Crippen LogP contribution in [0.25, 0.3) is 0 Å². The summed E-state index contributed by atoms with van der Waals surface area (Å²) in [6, 6.07) is 7.46. The van der Waals surface area contributed by atoms with Crippen molar-refractivity contribution >= 4 is 11.6 Å². The zero-order valence-corrected chi connectivity index (χ0v) is 10.2. The van der Waals surface area contributed by atoms with E-state index in [1.807, 2.05) is 24.3 Å². The van der Waals surface area contributed by atoms with Crippen LogP contribution in [-0.4, -0.2) is 39.8 Å². The molecule has 5 nitrogen and oxygen atoms in total. The Kier molecular flexibility index (Phi) is 5.88. The Morgan fingerprint density at radius 2 is 2.06 bits per heavy atom. The molecule has 0 saturated carbocycles. The minimum absolute atomic E-state index is 0.0760. The summed E-state index contributed by atoms with van der Waals surface area (Å²) in [7, 11) is 3.19. The highest BCUT2D eigenvalue weighted by Gasteiger charge is 2.03. The van der Waals surface area contributed by atoms with Gasteiger partial charge in [-0.25, -0.2) is 0 Å². The largest absolute Gasteiger partial charge is 0.495 e. The second-order valence-electron chi connectivity index (χ2n) is 3.40. The van der Waals surface area contributed by atoms with Crippen LogP contribution in [0.3, 0.4) is 0 Å². The third kappa shape index (κ3) is 4.74. The lowest BCUT2D eigenvalue weighted by molar-refractivity contribution is -0.119. The van der Waals surface area contributed by atoms with Gasteiger partial charge in [-0.15, -0.1) is 0 Å². The molecule has 0 heterocycles. The molecule has 0 unspecified atom stereocenters. The molecule has 5 heteroatoms. The quantitative estimate of drug-likeness (QED) is 0.692. The van der Waals surface area contributed by atoms with Gasteiger partial charge in [0.25, 0.3) is 0 Å². The van der Waals surface area contributed by atoms with Crippen molar-refractivity contribution in [1.82, 2.24) is 5.32 Å². The Morgan fingerprint density at radius 3 is 2.76 bits per heavy atom. The number of amides is 1. The molecule has 0 spiro atoms. The topological polar surface area (TPSA) is 59.6 Å². The van der Waals surface area contributed by atoms with Gasteiger partial charge in [0, 0.05) is 13.7 Å². The van der Waals surface area contributed by atoms with E-state index in [4.69, 9.17) is 9.47 Å². The van der Waals surface area contributed by atoms with Crippen molar-refractivity contribution in [3.8, 4) is 5.75 Å². The molecule has 1 aromatic carbocycles. The summed E-state index contributed by atoms with van der Waals surface area (Å²) in [4.78, 5) is 11.4. The van der Waals surface area contributed by atoms with E-state index in [9.17, 15) is 4.79 Å². The van der Waals surface area contributed by atoms with E-state index in [0.717, 1.165) is 11.4 Å². The number of nitrogens with one attached hydrogen (secondary N) is 2. The highest BCUT2D eigenvalue weighted by Crippen LogP contribution is 2.22. The first kappa shape index (κ1) is 13.3. The van der Waals surface area contributed by atoms with Gasteiger partial charge < -0.3 is 20.1 Å². The summed E-state index contributed by atoms with van der Waals surface area (Å²) in [6.45, 7) is 1.24. The lowest BCUT2D eigenvalue weighted by Gasteiger charge is -2.10. The first-order valence-electron chi connectivity index (χ1n) is 5.40. The summed E-state index contributed by atoms with van der Waals surface area (Å²) in [6.07, 6.45) is 0. The Hall–Kier alpha value is -1.75. The van der Waals surface area contributed by atoms with E-state index in [2.05, 4.69) is 10.6 Å². The number of para-hydroxylation sites is 2. The van der Waals surface area contributed by atoms with E-state index in [0.29, 0.717) is 13.2 Å². The maximum Gasteiger partial charge on any atom is 0.239 e. The fourth-order valence-electron chi connectivity index (χ4n) is 1.32. The molecule has 0 saturated heterocycles. The lowest BCUT2D eigenvalue weighted by Crippen LogP contribution is -2.32. The van der Waals surface area contributed by atoms with Crippen LogP contribution in [0.5, 0.6) is 5.75 Å². The number of rotatable bonds is 7. The predicted octanol–water partition coefficient (Wildman–Crippen LogP) is 0.870. The molecule has 1 amide bonds. The van der Waals surface area contributed by atoms with Crippen LogP contribution in [0.1, 0.15) is 0 Å². The molecule has 1 aromatic rings. The molecule has 0 aliphatic heterocycles. The normalized spacial score (nSPS) is 9.76. The fourth-order valence-corrected chi connectivity index (χ4v) is 1.32. The second kappa shape index (κ2) is 7.51. The van der Waals surface area contributed by atoms with Crippen LogP contribution < -0.4 is 15.4 Å². The number of hydrogen-bond acceptors (Lipinski definition) is 4. The molecule has 0 radical (unpaired) electrons. The van der Waals surface area contributed by atoms with Gasteiger partial charge >= 0.3 is 0 Å². The smallest absolute Gasteiger partial charge is 0.239 e. The molecule has 1 rings (SSSR count). The maximum absolute atomic E-state index is 11.4. The molecule has 17 heavy (non-hydrogen) atoms. The van der Waals surface area contributed by atoms with Crippen molar-refractivity contribution in [2.75, 3.05) is 39.2 Å². The van der Waals surface area contributed by atoms with Crippen LogP contribution >= 0.6 is 0 Å². The monoisotopic (exact) mass is 238 g/mol. The van der Waals surface area contributed by atoms with E-state index < -0.39 is 0 Å². The number of carbonyl (C=O) groups is 1. The molecule has 0 aliphatic carbocycles. The molecule has 0 aromatic heterocycles. The maximum atomic E-state index is 11.4. The summed E-state index contributed by atoms with van der Waals surface area (Å²) >= 11 is 0. The molecule has 0 aliphatic rings. The van der Waals surface area contributed by atoms with E-state index in [1.54, 1.807) is 14.2 Å². The zero-order valence-electron chi connectivity index (χ0n) is 10.2. The summed E-state index contributed by atoms with van der Waals surface area (Å²) in [5.74, 6) is 0.644. The van der Waals surface area contributed by atoms with Crippen LogP contribution in [0, 0.1) is 0 Å². The highest BCUT2D eigenvalue weighted by molar-refractivity contribution is 5.81. The van der Waals surface area contributed by atoms with Crippen LogP contribution in [-0.2, 0) is 9.53 Å². The zero-order chi connectivity index (χ0) is 12.5. The molecule has 2 N–H and O–H groups in total. The summed E-state index contributed by atoms with van der Waals surface area (Å²) in [5.41, 5.74) is 0.803. The average Bonchev–Trinajstić information content (AvgIpc) is 2.37. The third-order valence-corrected chi connectivity index (χ3v) is 2.17. The van der Waals surface area contributed by atoms with Gasteiger partial charge in [0.15, 0.2) is 0 Å². The first-order valence-corrected chi connectivity index (χ1v) is 5.40. The lowest BCUT2D eigenvalue weighted by atomic mass is 10.3. The number of benzene rings is 1. The van der Waals surface area contributed by atoms with Crippen molar-refractivity contribution in [1.29, 1.82) is 0 Å². The number of methoxy groups -OCH3 is 2. The number of anilines is 1. The molecular formula is C12H18N2O3. The van der Waals surface area contributed by atoms with Gasteiger partial charge in [-0.05, 0) is 12.1 Å². The Morgan fingerprint density at radius 1 is 1.29 bits per heavy atom. The first-order chi connectivity index (χ1) is 8.27. The Bertz CT molecular complexity index is 355. The van der Waals surface area contributed by atoms with Crippen LogP contribution in [0.4, 0.5) is 5.69 Å². The predicted molar refractivity (Wildman–Crippen MR) is 66.4 cm³/mol. The number of carbonyl (C=O) groups excluding carboxylic acids is 1. The fraction of sp³-hybridized carbons (Fsp3) is 0.417. The van der Waals surface area contributed by atoms with Gasteiger partial charge in [0.1, 0.15) is 5.75 Å². The van der Waals surface area contributed by atoms with E-state index >= 15 is 0 Å². The summed E-state index contributed by atoms with van der Waals surface area (Å²) in [5, 5.41) is 5.74. The molecule has 0 fully saturated rings. The highest BCUT2D eigenvalue weighted by atomic mass is 16.5. The van der Waals surface area contributed by atoms with Crippen LogP contribution in [0.2, 0.25) is 0 Å². The molecule has 0 atom stereocenters. The van der Waals surface area contributed by atoms with Gasteiger partial charge in [0.2, 0.25) is 5.91 Å². The van der Waals surface area contributed by atoms with Crippen molar-refractivity contribution in [2.24, 2.45) is 0 Å². The Balaban J connectivity index is 2.36. The second-order valence-corrected chi connectivity index (χ2v) is 3.40. The Labute approximate surface area is 101 Å². The summed E-state index contributed by atoms with van der Waals surface area (Å²) < 4.78 is 10.00. The average molecular weight is 238 g/mol. The van der Waals surface area contributed by atoms with Crippen molar-refractivity contribution in [3.05, 3.63) is 24.3 Å². The van der Waals surface area contributed by atoms with E-state index in [1.165, 1.54) is 0 Å². The van der Waals surface area contributed by atoms with Gasteiger partial charge in [-0.2, -0.15) is 0 Å². The number of hydrogen-bond donors (Lipinski definition) is 2. The van der Waals surface area contributed by atoms with Gasteiger partial charge in [0.05, 0.1) is 25.9 Å². The molecular weight excluding hydrogens is 220 g/mol.